The monoisotopic (exact) mass is 237 g/mol. The fourth-order valence-electron chi connectivity index (χ4n) is 0.971. The number of carbonyl (C=O) groups excluding carboxylic acids is 1. The van der Waals surface area contributed by atoms with E-state index in [0.29, 0.717) is 5.71 Å². The van der Waals surface area contributed by atoms with Crippen molar-refractivity contribution >= 4 is 23.2 Å². The fraction of sp³-hybridized carbons (Fsp3) is 0.200. The van der Waals surface area contributed by atoms with E-state index in [1.54, 1.807) is 13.8 Å². The molecule has 1 aromatic rings. The summed E-state index contributed by atoms with van der Waals surface area (Å²) < 4.78 is 0. The number of non-ortho nitro benzene ring substituents is 1. The number of oxime groups is 1. The van der Waals surface area contributed by atoms with Gasteiger partial charge >= 0.3 is 6.09 Å². The number of nitro groups is 1. The average molecular weight is 237 g/mol. The third-order valence-electron chi connectivity index (χ3n) is 1.61. The molecule has 0 saturated carbocycles. The van der Waals surface area contributed by atoms with Gasteiger partial charge in [-0.25, -0.2) is 4.79 Å². The highest BCUT2D eigenvalue weighted by molar-refractivity contribution is 5.86. The van der Waals surface area contributed by atoms with E-state index in [0.717, 1.165) is 0 Å². The number of rotatable bonds is 3. The zero-order valence-electron chi connectivity index (χ0n) is 9.34. The number of anilines is 1. The fourth-order valence-corrected chi connectivity index (χ4v) is 0.971. The van der Waals surface area contributed by atoms with Gasteiger partial charge in [-0.2, -0.15) is 0 Å². The van der Waals surface area contributed by atoms with Crippen LogP contribution in [0.4, 0.5) is 16.2 Å². The van der Waals surface area contributed by atoms with Crippen LogP contribution in [-0.2, 0) is 4.84 Å². The molecule has 17 heavy (non-hydrogen) atoms. The van der Waals surface area contributed by atoms with Crippen LogP contribution in [0.25, 0.3) is 0 Å². The van der Waals surface area contributed by atoms with Crippen molar-refractivity contribution in [3.05, 3.63) is 34.4 Å². The Hall–Kier alpha value is -2.44. The van der Waals surface area contributed by atoms with Gasteiger partial charge in [0.25, 0.3) is 5.69 Å². The molecule has 0 radical (unpaired) electrons. The zero-order chi connectivity index (χ0) is 12.8. The summed E-state index contributed by atoms with van der Waals surface area (Å²) in [6, 6.07) is 5.52. The Morgan fingerprint density at radius 1 is 1.47 bits per heavy atom. The van der Waals surface area contributed by atoms with E-state index in [1.165, 1.54) is 24.3 Å². The lowest BCUT2D eigenvalue weighted by atomic mass is 10.3. The van der Waals surface area contributed by atoms with E-state index in [2.05, 4.69) is 15.3 Å². The first kappa shape index (κ1) is 12.6. The number of hydrogen-bond donors (Lipinski definition) is 1. The molecule has 90 valence electrons. The second kappa shape index (κ2) is 5.59. The van der Waals surface area contributed by atoms with Gasteiger partial charge < -0.3 is 0 Å². The molecule has 0 spiro atoms. The van der Waals surface area contributed by atoms with Crippen LogP contribution in [0, 0.1) is 10.1 Å². The van der Waals surface area contributed by atoms with Crippen LogP contribution in [0.15, 0.2) is 29.4 Å². The number of carbonyl (C=O) groups is 1. The number of nitrogens with one attached hydrogen (secondary N) is 1. The maximum absolute atomic E-state index is 11.2. The van der Waals surface area contributed by atoms with Crippen LogP contribution in [0.3, 0.4) is 0 Å². The lowest BCUT2D eigenvalue weighted by molar-refractivity contribution is -0.384. The van der Waals surface area contributed by atoms with Gasteiger partial charge in [0.05, 0.1) is 16.3 Å². The predicted octanol–water partition coefficient (Wildman–Crippen LogP) is 2.54. The van der Waals surface area contributed by atoms with E-state index in [1.807, 2.05) is 0 Å². The summed E-state index contributed by atoms with van der Waals surface area (Å²) in [6.45, 7) is 3.33. The van der Waals surface area contributed by atoms with Gasteiger partial charge in [0, 0.05) is 12.1 Å². The van der Waals surface area contributed by atoms with E-state index in [-0.39, 0.29) is 11.4 Å². The molecule has 0 saturated heterocycles. The summed E-state index contributed by atoms with van der Waals surface area (Å²) in [7, 11) is 0. The van der Waals surface area contributed by atoms with Gasteiger partial charge in [0.15, 0.2) is 0 Å². The lowest BCUT2D eigenvalue weighted by Gasteiger charge is -2.02. The molecule has 0 heterocycles. The number of hydrogen-bond acceptors (Lipinski definition) is 5. The first-order valence-corrected chi connectivity index (χ1v) is 4.72. The van der Waals surface area contributed by atoms with Crippen LogP contribution in [0.2, 0.25) is 0 Å². The molecule has 0 aliphatic rings. The number of nitrogens with zero attached hydrogens (tertiary/aromatic N) is 2. The van der Waals surface area contributed by atoms with E-state index in [9.17, 15) is 14.9 Å². The molecule has 0 atom stereocenters. The molecule has 7 nitrogen and oxygen atoms in total. The maximum atomic E-state index is 11.2. The molecule has 1 aromatic carbocycles. The van der Waals surface area contributed by atoms with Gasteiger partial charge in [0.2, 0.25) is 0 Å². The largest absolute Gasteiger partial charge is 0.437 e. The highest BCUT2D eigenvalue weighted by Crippen LogP contribution is 2.16. The molecule has 1 amide bonds. The molecular formula is C10H11N3O4. The Labute approximate surface area is 97.2 Å². The van der Waals surface area contributed by atoms with Crippen molar-refractivity contribution in [2.75, 3.05) is 5.32 Å². The van der Waals surface area contributed by atoms with E-state index < -0.39 is 11.0 Å². The first-order valence-electron chi connectivity index (χ1n) is 4.72. The molecule has 1 rings (SSSR count). The van der Waals surface area contributed by atoms with E-state index in [4.69, 9.17) is 0 Å². The Balaban J connectivity index is 2.68. The van der Waals surface area contributed by atoms with Gasteiger partial charge in [-0.3, -0.25) is 20.3 Å². The Bertz CT molecular complexity index is 466. The van der Waals surface area contributed by atoms with Crippen LogP contribution >= 0.6 is 0 Å². The van der Waals surface area contributed by atoms with Crippen molar-refractivity contribution in [1.29, 1.82) is 0 Å². The molecule has 7 heteroatoms. The Morgan fingerprint density at radius 3 is 2.76 bits per heavy atom. The number of nitro benzene ring substituents is 1. The first-order chi connectivity index (χ1) is 7.99. The molecule has 1 N–H and O–H groups in total. The number of amides is 1. The van der Waals surface area contributed by atoms with Gasteiger partial charge in [0.1, 0.15) is 0 Å². The Morgan fingerprint density at radius 2 is 2.18 bits per heavy atom. The molecular weight excluding hydrogens is 226 g/mol. The second-order valence-electron chi connectivity index (χ2n) is 3.35. The molecule has 0 aliphatic heterocycles. The quantitative estimate of drug-likeness (QED) is 0.378. The SMILES string of the molecule is CC(C)=NOC(=O)Nc1cccc([N+](=O)[O-])c1. The summed E-state index contributed by atoms with van der Waals surface area (Å²) in [5, 5.41) is 16.3. The van der Waals surface area contributed by atoms with Crippen LogP contribution in [-0.4, -0.2) is 16.7 Å². The average Bonchev–Trinajstić information content (AvgIpc) is 2.26. The topological polar surface area (TPSA) is 93.8 Å². The maximum Gasteiger partial charge on any atom is 0.437 e. The second-order valence-corrected chi connectivity index (χ2v) is 3.35. The van der Waals surface area contributed by atoms with Gasteiger partial charge in [-0.1, -0.05) is 11.2 Å². The molecule has 0 aromatic heterocycles. The predicted molar refractivity (Wildman–Crippen MR) is 62.0 cm³/mol. The molecule has 0 fully saturated rings. The lowest BCUT2D eigenvalue weighted by Crippen LogP contribution is -2.11. The molecule has 0 unspecified atom stereocenters. The van der Waals surface area contributed by atoms with Crippen LogP contribution in [0.1, 0.15) is 13.8 Å². The minimum Gasteiger partial charge on any atom is -0.298 e. The van der Waals surface area contributed by atoms with Crippen molar-refractivity contribution in [1.82, 2.24) is 0 Å². The Kier molecular flexibility index (Phi) is 4.15. The third kappa shape index (κ3) is 4.29. The van der Waals surface area contributed by atoms with Crippen LogP contribution in [0.5, 0.6) is 0 Å². The van der Waals surface area contributed by atoms with Crippen molar-refractivity contribution in [3.63, 3.8) is 0 Å². The summed E-state index contributed by atoms with van der Waals surface area (Å²) in [6.07, 6.45) is -0.799. The zero-order valence-corrected chi connectivity index (χ0v) is 9.34. The minimum atomic E-state index is -0.799. The number of benzene rings is 1. The molecule has 0 bridgehead atoms. The summed E-state index contributed by atoms with van der Waals surface area (Å²) in [5.41, 5.74) is 0.741. The van der Waals surface area contributed by atoms with Crippen molar-refractivity contribution in [2.45, 2.75) is 13.8 Å². The van der Waals surface area contributed by atoms with Crippen molar-refractivity contribution in [2.24, 2.45) is 5.16 Å². The third-order valence-corrected chi connectivity index (χ3v) is 1.61. The smallest absolute Gasteiger partial charge is 0.298 e. The standard InChI is InChI=1S/C10H11N3O4/c1-7(2)12-17-10(14)11-8-4-3-5-9(6-8)13(15)16/h3-6H,1-2H3,(H,11,14). The molecule has 0 aliphatic carbocycles. The highest BCUT2D eigenvalue weighted by atomic mass is 16.7. The highest BCUT2D eigenvalue weighted by Gasteiger charge is 2.08. The minimum absolute atomic E-state index is 0.113. The summed E-state index contributed by atoms with van der Waals surface area (Å²) >= 11 is 0. The van der Waals surface area contributed by atoms with Crippen LogP contribution < -0.4 is 5.32 Å². The van der Waals surface area contributed by atoms with Gasteiger partial charge in [-0.15, -0.1) is 0 Å². The van der Waals surface area contributed by atoms with Crippen molar-refractivity contribution in [3.8, 4) is 0 Å². The summed E-state index contributed by atoms with van der Waals surface area (Å²) in [5.74, 6) is 0. The normalized spacial score (nSPS) is 9.29. The van der Waals surface area contributed by atoms with E-state index >= 15 is 0 Å². The van der Waals surface area contributed by atoms with Gasteiger partial charge in [-0.05, 0) is 19.9 Å². The summed E-state index contributed by atoms with van der Waals surface area (Å²) in [4.78, 5) is 25.6. The van der Waals surface area contributed by atoms with Crippen molar-refractivity contribution < 1.29 is 14.6 Å².